The van der Waals surface area contributed by atoms with Crippen molar-refractivity contribution in [2.45, 2.75) is 32.0 Å². The van der Waals surface area contributed by atoms with E-state index in [1.165, 1.54) is 0 Å². The molecule has 2 amide bonds. The Labute approximate surface area is 152 Å². The van der Waals surface area contributed by atoms with E-state index in [-0.39, 0.29) is 11.8 Å². The predicted octanol–water partition coefficient (Wildman–Crippen LogP) is 2.98. The van der Waals surface area contributed by atoms with Crippen molar-refractivity contribution in [2.24, 2.45) is 0 Å². The van der Waals surface area contributed by atoms with Gasteiger partial charge in [-0.05, 0) is 23.6 Å². The molecule has 1 fully saturated rings. The average Bonchev–Trinajstić information content (AvgIpc) is 3.25. The molecule has 0 spiro atoms. The zero-order valence-electron chi connectivity index (χ0n) is 14.4. The molecule has 2 N–H and O–H groups in total. The number of aromatic nitrogens is 1. The van der Waals surface area contributed by atoms with Crippen LogP contribution in [-0.2, 0) is 22.7 Å². The molecule has 1 saturated heterocycles. The van der Waals surface area contributed by atoms with Crippen molar-refractivity contribution in [3.63, 3.8) is 0 Å². The number of likely N-dealkylation sites (tertiary alicyclic amines) is 1. The molecule has 0 radical (unpaired) electrons. The van der Waals surface area contributed by atoms with Gasteiger partial charge in [0.15, 0.2) is 0 Å². The van der Waals surface area contributed by atoms with E-state index in [0.717, 1.165) is 22.0 Å². The highest BCUT2D eigenvalue weighted by Crippen LogP contribution is 2.25. The number of hydrogen-bond donors (Lipinski definition) is 2. The van der Waals surface area contributed by atoms with Crippen molar-refractivity contribution >= 4 is 22.7 Å². The SMILES string of the molecule is O=C(NCc1ccccc1)[C@@H]1CCC(=O)N1Cc1c[nH]c2ccccc12. The second kappa shape index (κ2) is 7.04. The van der Waals surface area contributed by atoms with Gasteiger partial charge in [-0.1, -0.05) is 48.5 Å². The number of nitrogens with zero attached hydrogens (tertiary/aromatic N) is 1. The number of aromatic amines is 1. The standard InChI is InChI=1S/C21H21N3O2/c25-20-11-10-19(21(26)23-12-15-6-2-1-3-7-15)24(20)14-16-13-22-18-9-5-4-8-17(16)18/h1-9,13,19,22H,10-12,14H2,(H,23,26)/t19-/m0/s1. The number of hydrogen-bond acceptors (Lipinski definition) is 2. The second-order valence-electron chi connectivity index (χ2n) is 6.64. The van der Waals surface area contributed by atoms with Gasteiger partial charge in [-0.25, -0.2) is 0 Å². The Balaban J connectivity index is 1.47. The van der Waals surface area contributed by atoms with Crippen LogP contribution in [0.1, 0.15) is 24.0 Å². The van der Waals surface area contributed by atoms with Crippen LogP contribution in [0, 0.1) is 0 Å². The minimum atomic E-state index is -0.403. The van der Waals surface area contributed by atoms with Crippen molar-refractivity contribution in [1.82, 2.24) is 15.2 Å². The lowest BCUT2D eigenvalue weighted by atomic mass is 10.1. The number of benzene rings is 2. The van der Waals surface area contributed by atoms with E-state index in [9.17, 15) is 9.59 Å². The molecule has 1 aromatic heterocycles. The molecule has 0 bridgehead atoms. The minimum absolute atomic E-state index is 0.0372. The lowest BCUT2D eigenvalue weighted by molar-refractivity contribution is -0.135. The van der Waals surface area contributed by atoms with Crippen molar-refractivity contribution in [3.8, 4) is 0 Å². The summed E-state index contributed by atoms with van der Waals surface area (Å²) in [6, 6.07) is 17.4. The summed E-state index contributed by atoms with van der Waals surface area (Å²) in [6.45, 7) is 0.928. The topological polar surface area (TPSA) is 65.2 Å². The van der Waals surface area contributed by atoms with E-state index in [2.05, 4.69) is 10.3 Å². The van der Waals surface area contributed by atoms with Crippen LogP contribution in [0.2, 0.25) is 0 Å². The van der Waals surface area contributed by atoms with Gasteiger partial charge in [0.25, 0.3) is 0 Å². The van der Waals surface area contributed by atoms with Gasteiger partial charge in [0.05, 0.1) is 0 Å². The summed E-state index contributed by atoms with van der Waals surface area (Å²) in [5.74, 6) is -0.0466. The van der Waals surface area contributed by atoms with Crippen LogP contribution in [0.3, 0.4) is 0 Å². The lowest BCUT2D eigenvalue weighted by Gasteiger charge is -2.24. The molecule has 1 aliphatic heterocycles. The maximum absolute atomic E-state index is 12.7. The number of nitrogens with one attached hydrogen (secondary N) is 2. The number of rotatable bonds is 5. The summed E-state index contributed by atoms with van der Waals surface area (Å²) in [5.41, 5.74) is 3.13. The Morgan fingerprint density at radius 1 is 1.12 bits per heavy atom. The molecule has 0 aliphatic carbocycles. The molecule has 1 aliphatic rings. The molecular weight excluding hydrogens is 326 g/mol. The van der Waals surface area contributed by atoms with Crippen LogP contribution in [0.4, 0.5) is 0 Å². The minimum Gasteiger partial charge on any atom is -0.361 e. The van der Waals surface area contributed by atoms with Crippen molar-refractivity contribution < 1.29 is 9.59 Å². The normalized spacial score (nSPS) is 17.0. The zero-order valence-corrected chi connectivity index (χ0v) is 14.4. The quantitative estimate of drug-likeness (QED) is 0.745. The van der Waals surface area contributed by atoms with Crippen molar-refractivity contribution in [2.75, 3.05) is 0 Å². The van der Waals surface area contributed by atoms with E-state index < -0.39 is 6.04 Å². The number of para-hydroxylation sites is 1. The Bertz CT molecular complexity index is 933. The number of fused-ring (bicyclic) bond motifs is 1. The molecule has 5 heteroatoms. The molecule has 3 aromatic rings. The van der Waals surface area contributed by atoms with Gasteiger partial charge in [-0.2, -0.15) is 0 Å². The Hall–Kier alpha value is -3.08. The predicted molar refractivity (Wildman–Crippen MR) is 100 cm³/mol. The molecular formula is C21H21N3O2. The number of H-pyrrole nitrogens is 1. The first-order valence-corrected chi connectivity index (χ1v) is 8.88. The summed E-state index contributed by atoms with van der Waals surface area (Å²) in [7, 11) is 0. The molecule has 5 nitrogen and oxygen atoms in total. The van der Waals surface area contributed by atoms with E-state index in [1.54, 1.807) is 4.90 Å². The van der Waals surface area contributed by atoms with Gasteiger partial charge in [0, 0.05) is 36.6 Å². The van der Waals surface area contributed by atoms with Gasteiger partial charge in [-0.3, -0.25) is 9.59 Å². The van der Waals surface area contributed by atoms with Gasteiger partial charge in [0.1, 0.15) is 6.04 Å². The van der Waals surface area contributed by atoms with Gasteiger partial charge in [-0.15, -0.1) is 0 Å². The monoisotopic (exact) mass is 347 g/mol. The van der Waals surface area contributed by atoms with Gasteiger partial charge >= 0.3 is 0 Å². The largest absolute Gasteiger partial charge is 0.361 e. The fourth-order valence-electron chi connectivity index (χ4n) is 3.55. The molecule has 4 rings (SSSR count). The zero-order chi connectivity index (χ0) is 17.9. The van der Waals surface area contributed by atoms with Crippen LogP contribution in [0.25, 0.3) is 10.9 Å². The molecule has 0 saturated carbocycles. The summed E-state index contributed by atoms with van der Waals surface area (Å²) in [5, 5.41) is 4.06. The molecule has 0 unspecified atom stereocenters. The first-order valence-electron chi connectivity index (χ1n) is 8.88. The van der Waals surface area contributed by atoms with Crippen molar-refractivity contribution in [1.29, 1.82) is 0 Å². The number of carbonyl (C=O) groups is 2. The van der Waals surface area contributed by atoms with Gasteiger partial charge in [0.2, 0.25) is 11.8 Å². The van der Waals surface area contributed by atoms with E-state index in [1.807, 2.05) is 60.8 Å². The molecule has 2 heterocycles. The Morgan fingerprint density at radius 3 is 2.73 bits per heavy atom. The molecule has 26 heavy (non-hydrogen) atoms. The number of amides is 2. The summed E-state index contributed by atoms with van der Waals surface area (Å²) in [6.07, 6.45) is 2.92. The van der Waals surface area contributed by atoms with Crippen LogP contribution in [0.5, 0.6) is 0 Å². The summed E-state index contributed by atoms with van der Waals surface area (Å²) >= 11 is 0. The van der Waals surface area contributed by atoms with Gasteiger partial charge < -0.3 is 15.2 Å². The summed E-state index contributed by atoms with van der Waals surface area (Å²) in [4.78, 5) is 29.9. The Kier molecular flexibility index (Phi) is 4.44. The first kappa shape index (κ1) is 16.4. The summed E-state index contributed by atoms with van der Waals surface area (Å²) < 4.78 is 0. The molecule has 1 atom stereocenters. The maximum Gasteiger partial charge on any atom is 0.243 e. The van der Waals surface area contributed by atoms with Crippen LogP contribution < -0.4 is 5.32 Å². The molecule has 132 valence electrons. The van der Waals surface area contributed by atoms with Crippen LogP contribution >= 0.6 is 0 Å². The van der Waals surface area contributed by atoms with E-state index in [0.29, 0.717) is 25.9 Å². The van der Waals surface area contributed by atoms with Crippen LogP contribution in [-0.4, -0.2) is 27.7 Å². The number of carbonyl (C=O) groups excluding carboxylic acids is 2. The highest BCUT2D eigenvalue weighted by atomic mass is 16.2. The highest BCUT2D eigenvalue weighted by Gasteiger charge is 2.36. The third kappa shape index (κ3) is 3.20. The fourth-order valence-corrected chi connectivity index (χ4v) is 3.55. The average molecular weight is 347 g/mol. The lowest BCUT2D eigenvalue weighted by Crippen LogP contribution is -2.44. The highest BCUT2D eigenvalue weighted by molar-refractivity contribution is 5.91. The Morgan fingerprint density at radius 2 is 1.88 bits per heavy atom. The third-order valence-corrected chi connectivity index (χ3v) is 4.96. The van der Waals surface area contributed by atoms with Crippen LogP contribution in [0.15, 0.2) is 60.8 Å². The third-order valence-electron chi connectivity index (χ3n) is 4.96. The second-order valence-corrected chi connectivity index (χ2v) is 6.64. The van der Waals surface area contributed by atoms with Crippen molar-refractivity contribution in [3.05, 3.63) is 71.9 Å². The maximum atomic E-state index is 12.7. The molecule has 2 aromatic carbocycles. The fraction of sp³-hybridized carbons (Fsp3) is 0.238. The van der Waals surface area contributed by atoms with E-state index >= 15 is 0 Å². The van der Waals surface area contributed by atoms with E-state index in [4.69, 9.17) is 0 Å². The smallest absolute Gasteiger partial charge is 0.243 e. The first-order chi connectivity index (χ1) is 12.7.